The molecule has 1 aliphatic heterocycles. The first-order chi connectivity index (χ1) is 15.9. The topological polar surface area (TPSA) is 118 Å². The Hall–Kier alpha value is -3.72. The number of carbonyl (C=O) groups excluding carboxylic acids is 3. The average Bonchev–Trinajstić information content (AvgIpc) is 3.33. The molecule has 1 heterocycles. The van der Waals surface area contributed by atoms with Crippen LogP contribution in [0.15, 0.2) is 47.6 Å². The van der Waals surface area contributed by atoms with Crippen molar-refractivity contribution in [1.29, 1.82) is 0 Å². The van der Waals surface area contributed by atoms with Gasteiger partial charge in [-0.3, -0.25) is 14.4 Å². The molecule has 0 aromatic heterocycles. The van der Waals surface area contributed by atoms with E-state index in [2.05, 4.69) is 21.2 Å². The van der Waals surface area contributed by atoms with Crippen molar-refractivity contribution in [3.8, 4) is 5.75 Å². The van der Waals surface area contributed by atoms with Crippen molar-refractivity contribution in [2.75, 3.05) is 25.1 Å². The number of nitrogens with one attached hydrogen (secondary N) is 3. The maximum atomic E-state index is 12.1. The van der Waals surface area contributed by atoms with E-state index in [0.29, 0.717) is 24.5 Å². The Kier molecular flexibility index (Phi) is 8.54. The summed E-state index contributed by atoms with van der Waals surface area (Å²) >= 11 is 0. The molecule has 3 N–H and O–H groups in total. The van der Waals surface area contributed by atoms with E-state index in [1.807, 2.05) is 32.0 Å². The van der Waals surface area contributed by atoms with Crippen molar-refractivity contribution >= 4 is 29.6 Å². The molecule has 9 nitrogen and oxygen atoms in total. The van der Waals surface area contributed by atoms with Crippen LogP contribution in [-0.2, 0) is 19.1 Å². The van der Waals surface area contributed by atoms with Gasteiger partial charge in [0.2, 0.25) is 0 Å². The van der Waals surface area contributed by atoms with E-state index >= 15 is 0 Å². The summed E-state index contributed by atoms with van der Waals surface area (Å²) in [4.78, 5) is 35.6. The van der Waals surface area contributed by atoms with Gasteiger partial charge in [0.25, 0.3) is 5.91 Å². The van der Waals surface area contributed by atoms with Crippen LogP contribution in [0.25, 0.3) is 0 Å². The van der Waals surface area contributed by atoms with Crippen LogP contribution >= 0.6 is 0 Å². The van der Waals surface area contributed by atoms with Gasteiger partial charge in [-0.15, -0.1) is 0 Å². The maximum Gasteiger partial charge on any atom is 0.329 e. The number of ether oxygens (including phenoxy) is 2. The zero-order valence-electron chi connectivity index (χ0n) is 18.7. The molecule has 0 aliphatic carbocycles. The van der Waals surface area contributed by atoms with Crippen molar-refractivity contribution in [3.63, 3.8) is 0 Å². The molecular weight excluding hydrogens is 424 g/mol. The van der Waals surface area contributed by atoms with Crippen LogP contribution in [0.2, 0.25) is 0 Å². The van der Waals surface area contributed by atoms with E-state index < -0.39 is 11.8 Å². The molecule has 33 heavy (non-hydrogen) atoms. The lowest BCUT2D eigenvalue weighted by Crippen LogP contribution is -2.41. The maximum absolute atomic E-state index is 12.1. The summed E-state index contributed by atoms with van der Waals surface area (Å²) in [6.07, 6.45) is 3.20. The van der Waals surface area contributed by atoms with Gasteiger partial charge in [-0.2, -0.15) is 5.10 Å². The first kappa shape index (κ1) is 23.9. The quantitative estimate of drug-likeness (QED) is 0.322. The van der Waals surface area contributed by atoms with Crippen LogP contribution in [0.4, 0.5) is 5.69 Å². The fourth-order valence-corrected chi connectivity index (χ4v) is 3.12. The summed E-state index contributed by atoms with van der Waals surface area (Å²) < 4.78 is 10.9. The molecule has 9 heteroatoms. The number of hydrogen-bond acceptors (Lipinski definition) is 6. The predicted octanol–water partition coefficient (Wildman–Crippen LogP) is 2.07. The number of carbonyl (C=O) groups is 3. The van der Waals surface area contributed by atoms with Crippen LogP contribution in [0.1, 0.15) is 29.5 Å². The van der Waals surface area contributed by atoms with Crippen molar-refractivity contribution in [2.45, 2.75) is 32.8 Å². The average molecular weight is 453 g/mol. The fraction of sp³-hybridized carbons (Fsp3) is 0.333. The van der Waals surface area contributed by atoms with Crippen molar-refractivity contribution < 1.29 is 23.9 Å². The highest BCUT2D eigenvalue weighted by molar-refractivity contribution is 6.35. The molecule has 2 aromatic carbocycles. The van der Waals surface area contributed by atoms with Crippen LogP contribution < -0.4 is 20.8 Å². The van der Waals surface area contributed by atoms with E-state index in [-0.39, 0.29) is 18.6 Å². The lowest BCUT2D eigenvalue weighted by atomic mass is 10.1. The molecule has 174 valence electrons. The smallest absolute Gasteiger partial charge is 0.329 e. The minimum absolute atomic E-state index is 0.0381. The van der Waals surface area contributed by atoms with Gasteiger partial charge in [0, 0.05) is 18.8 Å². The molecule has 1 fully saturated rings. The molecule has 0 spiro atoms. The third-order valence-corrected chi connectivity index (χ3v) is 5.14. The molecule has 1 aliphatic rings. The summed E-state index contributed by atoms with van der Waals surface area (Å²) in [6.45, 7) is 4.86. The van der Waals surface area contributed by atoms with Crippen LogP contribution in [0.3, 0.4) is 0 Å². The van der Waals surface area contributed by atoms with E-state index in [1.54, 1.807) is 24.3 Å². The molecular formula is C24H28N4O5. The van der Waals surface area contributed by atoms with Gasteiger partial charge in [0.1, 0.15) is 5.75 Å². The highest BCUT2D eigenvalue weighted by Crippen LogP contribution is 2.15. The zero-order chi connectivity index (χ0) is 23.6. The Morgan fingerprint density at radius 3 is 2.58 bits per heavy atom. The first-order valence-electron chi connectivity index (χ1n) is 10.7. The number of amides is 3. The summed E-state index contributed by atoms with van der Waals surface area (Å²) in [5, 5.41) is 9.11. The molecule has 1 atom stereocenters. The highest BCUT2D eigenvalue weighted by atomic mass is 16.5. The Morgan fingerprint density at radius 1 is 1.09 bits per heavy atom. The number of hydrazone groups is 1. The molecule has 2 aromatic rings. The van der Waals surface area contributed by atoms with E-state index in [9.17, 15) is 14.4 Å². The number of anilines is 1. The van der Waals surface area contributed by atoms with Crippen molar-refractivity contribution in [2.24, 2.45) is 5.10 Å². The van der Waals surface area contributed by atoms with Crippen molar-refractivity contribution in [3.05, 3.63) is 59.2 Å². The second-order valence-corrected chi connectivity index (χ2v) is 7.75. The summed E-state index contributed by atoms with van der Waals surface area (Å²) in [5.41, 5.74) is 5.85. The second kappa shape index (κ2) is 11.8. The lowest BCUT2D eigenvalue weighted by molar-refractivity contribution is -0.139. The van der Waals surface area contributed by atoms with Gasteiger partial charge in [-0.25, -0.2) is 5.43 Å². The van der Waals surface area contributed by atoms with Gasteiger partial charge < -0.3 is 20.1 Å². The Bertz CT molecular complexity index is 1010. The van der Waals surface area contributed by atoms with E-state index in [1.165, 1.54) is 6.21 Å². The largest absolute Gasteiger partial charge is 0.484 e. The third-order valence-electron chi connectivity index (χ3n) is 5.14. The second-order valence-electron chi connectivity index (χ2n) is 7.75. The zero-order valence-corrected chi connectivity index (χ0v) is 18.7. The monoisotopic (exact) mass is 452 g/mol. The van der Waals surface area contributed by atoms with Crippen LogP contribution in [-0.4, -0.2) is 49.8 Å². The van der Waals surface area contributed by atoms with Crippen LogP contribution in [0, 0.1) is 13.8 Å². The minimum atomic E-state index is -0.848. The first-order valence-corrected chi connectivity index (χ1v) is 10.7. The summed E-state index contributed by atoms with van der Waals surface area (Å²) in [7, 11) is 0. The Labute approximate surface area is 192 Å². The summed E-state index contributed by atoms with van der Waals surface area (Å²) in [6, 6.07) is 12.5. The molecule has 0 bridgehead atoms. The number of nitrogens with zero attached hydrogens (tertiary/aromatic N) is 1. The number of rotatable bonds is 8. The predicted molar refractivity (Wildman–Crippen MR) is 124 cm³/mol. The Balaban J connectivity index is 1.38. The van der Waals surface area contributed by atoms with Gasteiger partial charge >= 0.3 is 11.8 Å². The normalized spacial score (nSPS) is 15.3. The number of aryl methyl sites for hydroxylation is 2. The fourth-order valence-electron chi connectivity index (χ4n) is 3.12. The van der Waals surface area contributed by atoms with E-state index in [4.69, 9.17) is 9.47 Å². The van der Waals surface area contributed by atoms with E-state index in [0.717, 1.165) is 29.7 Å². The number of hydrogen-bond donors (Lipinski definition) is 3. The van der Waals surface area contributed by atoms with Gasteiger partial charge in [0.15, 0.2) is 6.61 Å². The van der Waals surface area contributed by atoms with Crippen molar-refractivity contribution in [1.82, 2.24) is 10.7 Å². The van der Waals surface area contributed by atoms with Gasteiger partial charge in [-0.1, -0.05) is 6.07 Å². The summed E-state index contributed by atoms with van der Waals surface area (Å²) in [5.74, 6) is -1.35. The van der Waals surface area contributed by atoms with Gasteiger partial charge in [-0.05, 0) is 79.8 Å². The third kappa shape index (κ3) is 7.73. The standard InChI is InChI=1S/C24H28N4O5/c1-16-5-8-19(12-17(16)2)27-22(29)15-33-20-9-6-18(7-10-20)13-26-28-24(31)23(30)25-14-21-4-3-11-32-21/h5-10,12-13,21H,3-4,11,14-15H2,1-2H3,(H,25,30)(H,27,29)(H,28,31)/b26-13-/t21-/m0/s1. The highest BCUT2D eigenvalue weighted by Gasteiger charge is 2.18. The van der Waals surface area contributed by atoms with Gasteiger partial charge in [0.05, 0.1) is 12.3 Å². The molecule has 3 amide bonds. The molecule has 3 rings (SSSR count). The molecule has 0 unspecified atom stereocenters. The molecule has 0 radical (unpaired) electrons. The molecule has 1 saturated heterocycles. The molecule has 0 saturated carbocycles. The SMILES string of the molecule is Cc1ccc(NC(=O)COc2ccc(/C=N\NC(=O)C(=O)NC[C@@H]3CCCO3)cc2)cc1C. The minimum Gasteiger partial charge on any atom is -0.484 e. The number of benzene rings is 2. The Morgan fingerprint density at radius 2 is 1.88 bits per heavy atom. The lowest BCUT2D eigenvalue weighted by Gasteiger charge is -2.09. The van der Waals surface area contributed by atoms with Crippen LogP contribution in [0.5, 0.6) is 5.75 Å².